The summed E-state index contributed by atoms with van der Waals surface area (Å²) in [5, 5.41) is 21.6. The molecule has 27 heavy (non-hydrogen) atoms. The van der Waals surface area contributed by atoms with Gasteiger partial charge in [0.2, 0.25) is 5.91 Å². The van der Waals surface area contributed by atoms with Gasteiger partial charge in [0.25, 0.3) is 0 Å². The number of thioether (sulfide) groups is 1. The van der Waals surface area contributed by atoms with Gasteiger partial charge in [-0.15, -0.1) is 11.8 Å². The number of pyridine rings is 1. The predicted molar refractivity (Wildman–Crippen MR) is 105 cm³/mol. The lowest BCUT2D eigenvalue weighted by molar-refractivity contribution is -0.115. The largest absolute Gasteiger partial charge is 0.478 e. The summed E-state index contributed by atoms with van der Waals surface area (Å²) in [6.45, 7) is 2.06. The highest BCUT2D eigenvalue weighted by Gasteiger charge is 2.12. The number of aryl methyl sites for hydroxylation is 1. The van der Waals surface area contributed by atoms with Gasteiger partial charge >= 0.3 is 5.97 Å². The number of nitriles is 1. The first-order valence-corrected chi connectivity index (χ1v) is 9.66. The summed E-state index contributed by atoms with van der Waals surface area (Å²) < 4.78 is 0. The van der Waals surface area contributed by atoms with Crippen LogP contribution in [0.3, 0.4) is 0 Å². The highest BCUT2D eigenvalue weighted by atomic mass is 35.5. The van der Waals surface area contributed by atoms with Crippen molar-refractivity contribution >= 4 is 40.9 Å². The van der Waals surface area contributed by atoms with Crippen molar-refractivity contribution in [1.29, 1.82) is 5.26 Å². The Bertz CT molecular complexity index is 896. The second-order valence-electron chi connectivity index (χ2n) is 5.66. The van der Waals surface area contributed by atoms with Crippen molar-refractivity contribution in [1.82, 2.24) is 4.98 Å². The zero-order valence-electron chi connectivity index (χ0n) is 14.7. The number of hydrogen-bond acceptors (Lipinski definition) is 5. The van der Waals surface area contributed by atoms with Crippen LogP contribution in [0, 0.1) is 11.3 Å². The molecule has 140 valence electrons. The van der Waals surface area contributed by atoms with Crippen LogP contribution in [0.2, 0.25) is 5.02 Å². The third kappa shape index (κ3) is 5.98. The Morgan fingerprint density at radius 2 is 2.11 bits per heavy atom. The molecule has 1 amide bonds. The highest BCUT2D eigenvalue weighted by Crippen LogP contribution is 2.23. The van der Waals surface area contributed by atoms with Gasteiger partial charge in [0.15, 0.2) is 0 Å². The number of nitrogens with zero attached hydrogens (tertiary/aromatic N) is 2. The van der Waals surface area contributed by atoms with Crippen LogP contribution in [0.25, 0.3) is 0 Å². The number of carbonyl (C=O) groups excluding carboxylic acids is 1. The predicted octanol–water partition coefficient (Wildman–Crippen LogP) is 4.38. The maximum atomic E-state index is 12.1. The van der Waals surface area contributed by atoms with Crippen LogP contribution in [0.4, 0.5) is 5.69 Å². The minimum atomic E-state index is -1.16. The zero-order chi connectivity index (χ0) is 19.8. The molecule has 1 aromatic heterocycles. The molecule has 2 aromatic rings. The average Bonchev–Trinajstić information content (AvgIpc) is 2.63. The standard InChI is InChI=1S/C19H18ClN3O3S/c1-2-3-13-5-4-12(11-21)18(23-13)27-9-8-17(24)22-14-6-7-16(20)15(10-14)19(25)26/h4-7,10H,2-3,8-9H2,1H3,(H,22,24)(H,25,26). The molecule has 0 aliphatic heterocycles. The SMILES string of the molecule is CCCc1ccc(C#N)c(SCCC(=O)Nc2ccc(Cl)c(C(=O)O)c2)n1. The first kappa shape index (κ1) is 20.7. The van der Waals surface area contributed by atoms with Gasteiger partial charge in [-0.05, 0) is 36.8 Å². The monoisotopic (exact) mass is 403 g/mol. The van der Waals surface area contributed by atoms with Gasteiger partial charge in [-0.2, -0.15) is 5.26 Å². The van der Waals surface area contributed by atoms with E-state index in [0.29, 0.717) is 22.0 Å². The smallest absolute Gasteiger partial charge is 0.337 e. The first-order chi connectivity index (χ1) is 12.9. The van der Waals surface area contributed by atoms with Crippen LogP contribution >= 0.6 is 23.4 Å². The van der Waals surface area contributed by atoms with E-state index in [1.807, 2.05) is 6.07 Å². The number of amides is 1. The molecule has 8 heteroatoms. The summed E-state index contributed by atoms with van der Waals surface area (Å²) in [5.74, 6) is -0.972. The van der Waals surface area contributed by atoms with Crippen molar-refractivity contribution in [3.8, 4) is 6.07 Å². The summed E-state index contributed by atoms with van der Waals surface area (Å²) in [4.78, 5) is 27.7. The number of benzene rings is 1. The molecule has 1 heterocycles. The molecular weight excluding hydrogens is 386 g/mol. The number of carboxylic acids is 1. The van der Waals surface area contributed by atoms with Crippen molar-refractivity contribution in [3.63, 3.8) is 0 Å². The molecule has 2 N–H and O–H groups in total. The van der Waals surface area contributed by atoms with E-state index in [9.17, 15) is 14.9 Å². The third-order valence-corrected chi connectivity index (χ3v) is 4.92. The maximum Gasteiger partial charge on any atom is 0.337 e. The molecule has 0 saturated heterocycles. The summed E-state index contributed by atoms with van der Waals surface area (Å²) in [6.07, 6.45) is 1.99. The number of hydrogen-bond donors (Lipinski definition) is 2. The van der Waals surface area contributed by atoms with E-state index < -0.39 is 5.97 Å². The van der Waals surface area contributed by atoms with Gasteiger partial charge in [0.05, 0.1) is 16.1 Å². The quantitative estimate of drug-likeness (QED) is 0.634. The number of carbonyl (C=O) groups is 2. The lowest BCUT2D eigenvalue weighted by atomic mass is 10.2. The fourth-order valence-corrected chi connectivity index (χ4v) is 3.43. The molecule has 6 nitrogen and oxygen atoms in total. The molecule has 0 radical (unpaired) electrons. The fraction of sp³-hybridized carbons (Fsp3) is 0.263. The van der Waals surface area contributed by atoms with Crippen molar-refractivity contribution in [2.75, 3.05) is 11.1 Å². The molecule has 0 unspecified atom stereocenters. The molecular formula is C19H18ClN3O3S. The minimum absolute atomic E-state index is 0.0700. The van der Waals surface area contributed by atoms with E-state index >= 15 is 0 Å². The van der Waals surface area contributed by atoms with Gasteiger partial charge in [0.1, 0.15) is 11.1 Å². The Balaban J connectivity index is 1.95. The van der Waals surface area contributed by atoms with E-state index in [-0.39, 0.29) is 22.9 Å². The second-order valence-corrected chi connectivity index (χ2v) is 7.15. The Morgan fingerprint density at radius 1 is 1.33 bits per heavy atom. The number of carboxylic acid groups (broad SMARTS) is 1. The molecule has 0 aliphatic carbocycles. The van der Waals surface area contributed by atoms with E-state index in [2.05, 4.69) is 23.3 Å². The number of rotatable bonds is 8. The summed E-state index contributed by atoms with van der Waals surface area (Å²) in [5.41, 5.74) is 1.71. The van der Waals surface area contributed by atoms with Crippen molar-refractivity contribution in [2.45, 2.75) is 31.2 Å². The zero-order valence-corrected chi connectivity index (χ0v) is 16.2. The maximum absolute atomic E-state index is 12.1. The van der Waals surface area contributed by atoms with Crippen LogP contribution in [-0.4, -0.2) is 27.7 Å². The van der Waals surface area contributed by atoms with Crippen LogP contribution < -0.4 is 5.32 Å². The Morgan fingerprint density at radius 3 is 2.78 bits per heavy atom. The summed E-state index contributed by atoms with van der Waals surface area (Å²) in [6, 6.07) is 10.0. The van der Waals surface area contributed by atoms with Crippen molar-refractivity contribution in [2.24, 2.45) is 0 Å². The Kier molecular flexibility index (Phi) is 7.65. The summed E-state index contributed by atoms with van der Waals surface area (Å²) in [7, 11) is 0. The molecule has 0 bridgehead atoms. The molecule has 0 spiro atoms. The fourth-order valence-electron chi connectivity index (χ4n) is 2.30. The number of aromatic carboxylic acids is 1. The highest BCUT2D eigenvalue weighted by molar-refractivity contribution is 7.99. The minimum Gasteiger partial charge on any atom is -0.478 e. The Hall–Kier alpha value is -2.56. The first-order valence-electron chi connectivity index (χ1n) is 8.30. The van der Waals surface area contributed by atoms with E-state index in [1.54, 1.807) is 12.1 Å². The summed E-state index contributed by atoms with van der Waals surface area (Å²) >= 11 is 7.16. The van der Waals surface area contributed by atoms with E-state index in [1.165, 1.54) is 23.9 Å². The van der Waals surface area contributed by atoms with Crippen LogP contribution in [0.15, 0.2) is 35.4 Å². The third-order valence-electron chi connectivity index (χ3n) is 3.59. The van der Waals surface area contributed by atoms with Crippen LogP contribution in [0.1, 0.15) is 41.4 Å². The van der Waals surface area contributed by atoms with Gasteiger partial charge in [-0.1, -0.05) is 24.9 Å². The van der Waals surface area contributed by atoms with Crippen molar-refractivity contribution in [3.05, 3.63) is 52.2 Å². The number of halogens is 1. The lowest BCUT2D eigenvalue weighted by Gasteiger charge is -2.08. The molecule has 0 aliphatic rings. The molecule has 0 fully saturated rings. The molecule has 0 atom stereocenters. The van der Waals surface area contributed by atoms with E-state index in [0.717, 1.165) is 18.5 Å². The molecule has 0 saturated carbocycles. The Labute approximate surface area is 166 Å². The normalized spacial score (nSPS) is 10.3. The average molecular weight is 404 g/mol. The number of anilines is 1. The van der Waals surface area contributed by atoms with Crippen LogP contribution in [0.5, 0.6) is 0 Å². The van der Waals surface area contributed by atoms with Crippen molar-refractivity contribution < 1.29 is 14.7 Å². The van der Waals surface area contributed by atoms with Gasteiger partial charge in [-0.25, -0.2) is 9.78 Å². The van der Waals surface area contributed by atoms with Gasteiger partial charge < -0.3 is 10.4 Å². The number of nitrogens with one attached hydrogen (secondary N) is 1. The molecule has 1 aromatic carbocycles. The lowest BCUT2D eigenvalue weighted by Crippen LogP contribution is -2.13. The number of aromatic nitrogens is 1. The molecule has 2 rings (SSSR count). The van der Waals surface area contributed by atoms with Gasteiger partial charge in [0, 0.05) is 23.6 Å². The second kappa shape index (κ2) is 9.95. The van der Waals surface area contributed by atoms with Crippen LogP contribution in [-0.2, 0) is 11.2 Å². The van der Waals surface area contributed by atoms with Gasteiger partial charge in [-0.3, -0.25) is 4.79 Å². The van der Waals surface area contributed by atoms with E-state index in [4.69, 9.17) is 16.7 Å². The topological polar surface area (TPSA) is 103 Å².